The summed E-state index contributed by atoms with van der Waals surface area (Å²) in [5.41, 5.74) is 1.43. The largest absolute Gasteiger partial charge is 0.317 e. The van der Waals surface area contributed by atoms with Crippen molar-refractivity contribution in [3.8, 4) is 0 Å². The van der Waals surface area contributed by atoms with Gasteiger partial charge in [-0.1, -0.05) is 18.2 Å². The molecule has 3 rings (SSSR count). The van der Waals surface area contributed by atoms with Gasteiger partial charge < -0.3 is 5.32 Å². The summed E-state index contributed by atoms with van der Waals surface area (Å²) in [6.45, 7) is 2.24. The molecule has 0 spiro atoms. The predicted molar refractivity (Wildman–Crippen MR) is 77.3 cm³/mol. The molecule has 0 radical (unpaired) electrons. The molecule has 0 bridgehead atoms. The molecular weight excluding hydrogens is 256 g/mol. The number of rotatable bonds is 2. The molecule has 1 atom stereocenters. The third kappa shape index (κ3) is 2.78. The van der Waals surface area contributed by atoms with E-state index in [1.54, 1.807) is 12.1 Å². The Balaban J connectivity index is 1.71. The standard InChI is InChI=1S/C17H21F2N/c18-16-3-1-2-15(17(16)19)14-6-4-12(5-7-14)13-8-10-20-11-9-13/h1-3,6,12-13,20H,4-5,7-11H2. The van der Waals surface area contributed by atoms with Gasteiger partial charge in [0, 0.05) is 5.56 Å². The first-order valence-electron chi connectivity index (χ1n) is 7.60. The van der Waals surface area contributed by atoms with E-state index in [1.807, 2.05) is 0 Å². The lowest BCUT2D eigenvalue weighted by Crippen LogP contribution is -2.32. The maximum atomic E-state index is 13.8. The molecular formula is C17H21F2N. The highest BCUT2D eigenvalue weighted by Gasteiger charge is 2.26. The first kappa shape index (κ1) is 13.7. The summed E-state index contributed by atoms with van der Waals surface area (Å²) in [6.07, 6.45) is 7.62. The highest BCUT2D eigenvalue weighted by molar-refractivity contribution is 5.66. The topological polar surface area (TPSA) is 12.0 Å². The Kier molecular flexibility index (Phi) is 4.16. The van der Waals surface area contributed by atoms with Crippen molar-refractivity contribution < 1.29 is 8.78 Å². The Morgan fingerprint density at radius 1 is 1.00 bits per heavy atom. The van der Waals surface area contributed by atoms with Gasteiger partial charge in [-0.2, -0.15) is 0 Å². The highest BCUT2D eigenvalue weighted by Crippen LogP contribution is 2.37. The van der Waals surface area contributed by atoms with E-state index >= 15 is 0 Å². The smallest absolute Gasteiger partial charge is 0.166 e. The minimum absolute atomic E-state index is 0.453. The van der Waals surface area contributed by atoms with E-state index in [0.29, 0.717) is 5.56 Å². The zero-order valence-corrected chi connectivity index (χ0v) is 11.7. The Bertz CT molecular complexity index is 504. The molecule has 1 aromatic rings. The van der Waals surface area contributed by atoms with Gasteiger partial charge in [-0.15, -0.1) is 0 Å². The maximum absolute atomic E-state index is 13.8. The van der Waals surface area contributed by atoms with Crippen LogP contribution in [-0.2, 0) is 0 Å². The van der Waals surface area contributed by atoms with Gasteiger partial charge in [0.05, 0.1) is 0 Å². The SMILES string of the molecule is Fc1cccc(C2=CCC(C3CCNCC3)CC2)c1F. The summed E-state index contributed by atoms with van der Waals surface area (Å²) in [4.78, 5) is 0. The zero-order valence-electron chi connectivity index (χ0n) is 11.7. The molecule has 1 aliphatic carbocycles. The van der Waals surface area contributed by atoms with Crippen LogP contribution < -0.4 is 5.32 Å². The molecule has 3 heteroatoms. The van der Waals surface area contributed by atoms with E-state index in [1.165, 1.54) is 18.9 Å². The second-order valence-electron chi connectivity index (χ2n) is 5.95. The van der Waals surface area contributed by atoms with Crippen LogP contribution in [0, 0.1) is 23.5 Å². The van der Waals surface area contributed by atoms with Crippen LogP contribution in [-0.4, -0.2) is 13.1 Å². The van der Waals surface area contributed by atoms with Crippen LogP contribution >= 0.6 is 0 Å². The Morgan fingerprint density at radius 3 is 2.50 bits per heavy atom. The molecule has 108 valence electrons. The fourth-order valence-electron chi connectivity index (χ4n) is 3.59. The molecule has 1 aromatic carbocycles. The monoisotopic (exact) mass is 277 g/mol. The number of piperidine rings is 1. The number of hydrogen-bond acceptors (Lipinski definition) is 1. The van der Waals surface area contributed by atoms with Gasteiger partial charge in [0.25, 0.3) is 0 Å². The zero-order chi connectivity index (χ0) is 13.9. The Morgan fingerprint density at radius 2 is 1.80 bits per heavy atom. The summed E-state index contributed by atoms with van der Waals surface area (Å²) in [5, 5.41) is 3.40. The fourth-order valence-corrected chi connectivity index (χ4v) is 3.59. The van der Waals surface area contributed by atoms with E-state index in [4.69, 9.17) is 0 Å². The summed E-state index contributed by atoms with van der Waals surface area (Å²) >= 11 is 0. The molecule has 20 heavy (non-hydrogen) atoms. The van der Waals surface area contributed by atoms with Crippen LogP contribution in [0.2, 0.25) is 0 Å². The molecule has 0 amide bonds. The minimum atomic E-state index is -0.746. The van der Waals surface area contributed by atoms with E-state index in [9.17, 15) is 8.78 Å². The second-order valence-corrected chi connectivity index (χ2v) is 5.95. The van der Waals surface area contributed by atoms with Gasteiger partial charge in [0.2, 0.25) is 0 Å². The van der Waals surface area contributed by atoms with Crippen LogP contribution in [0.5, 0.6) is 0 Å². The number of benzene rings is 1. The Hall–Kier alpha value is -1.22. The molecule has 0 saturated carbocycles. The first-order valence-corrected chi connectivity index (χ1v) is 7.60. The third-order valence-corrected chi connectivity index (χ3v) is 4.80. The molecule has 1 aliphatic heterocycles. The van der Waals surface area contributed by atoms with Gasteiger partial charge >= 0.3 is 0 Å². The molecule has 2 aliphatic rings. The average Bonchev–Trinajstić information content (AvgIpc) is 2.51. The van der Waals surface area contributed by atoms with Crippen LogP contribution in [0.3, 0.4) is 0 Å². The minimum Gasteiger partial charge on any atom is -0.317 e. The maximum Gasteiger partial charge on any atom is 0.166 e. The van der Waals surface area contributed by atoms with Crippen molar-refractivity contribution in [3.63, 3.8) is 0 Å². The number of nitrogens with one attached hydrogen (secondary N) is 1. The van der Waals surface area contributed by atoms with Crippen LogP contribution in [0.15, 0.2) is 24.3 Å². The lowest BCUT2D eigenvalue weighted by Gasteiger charge is -2.33. The second kappa shape index (κ2) is 6.04. The van der Waals surface area contributed by atoms with Crippen molar-refractivity contribution in [2.24, 2.45) is 11.8 Å². The summed E-state index contributed by atoms with van der Waals surface area (Å²) in [7, 11) is 0. The average molecular weight is 277 g/mol. The van der Waals surface area contributed by atoms with Gasteiger partial charge in [-0.05, 0) is 68.7 Å². The molecule has 1 heterocycles. The first-order chi connectivity index (χ1) is 9.75. The van der Waals surface area contributed by atoms with Gasteiger partial charge in [-0.3, -0.25) is 0 Å². The summed E-state index contributed by atoms with van der Waals surface area (Å²) in [5.74, 6) is 0.0758. The summed E-state index contributed by atoms with van der Waals surface area (Å²) in [6, 6.07) is 4.46. The molecule has 0 aromatic heterocycles. The molecule has 1 nitrogen and oxygen atoms in total. The normalized spacial score (nSPS) is 24.5. The van der Waals surface area contributed by atoms with Crippen LogP contribution in [0.25, 0.3) is 5.57 Å². The van der Waals surface area contributed by atoms with E-state index in [2.05, 4.69) is 11.4 Å². The van der Waals surface area contributed by atoms with Crippen LogP contribution in [0.4, 0.5) is 8.78 Å². The van der Waals surface area contributed by atoms with Crippen molar-refractivity contribution in [1.82, 2.24) is 5.32 Å². The molecule has 1 fully saturated rings. The molecule has 1 N–H and O–H groups in total. The van der Waals surface area contributed by atoms with Crippen LogP contribution in [0.1, 0.15) is 37.7 Å². The fraction of sp³-hybridized carbons (Fsp3) is 0.529. The van der Waals surface area contributed by atoms with Gasteiger partial charge in [0.1, 0.15) is 0 Å². The third-order valence-electron chi connectivity index (χ3n) is 4.80. The van der Waals surface area contributed by atoms with Crippen molar-refractivity contribution in [3.05, 3.63) is 41.5 Å². The Labute approximate surface area is 119 Å². The molecule has 1 unspecified atom stereocenters. The van der Waals surface area contributed by atoms with Crippen molar-refractivity contribution in [2.45, 2.75) is 32.1 Å². The number of halogens is 2. The van der Waals surface area contributed by atoms with Crippen molar-refractivity contribution >= 4 is 5.57 Å². The van der Waals surface area contributed by atoms with Crippen molar-refractivity contribution in [2.75, 3.05) is 13.1 Å². The summed E-state index contributed by atoms with van der Waals surface area (Å²) < 4.78 is 27.1. The predicted octanol–water partition coefficient (Wildman–Crippen LogP) is 4.15. The lowest BCUT2D eigenvalue weighted by atomic mass is 9.76. The van der Waals surface area contributed by atoms with Gasteiger partial charge in [-0.25, -0.2) is 8.78 Å². The molecule has 1 saturated heterocycles. The highest BCUT2D eigenvalue weighted by atomic mass is 19.2. The van der Waals surface area contributed by atoms with E-state index < -0.39 is 11.6 Å². The van der Waals surface area contributed by atoms with Crippen molar-refractivity contribution in [1.29, 1.82) is 0 Å². The van der Waals surface area contributed by atoms with E-state index in [0.717, 1.165) is 49.8 Å². The number of allylic oxidation sites excluding steroid dienone is 2. The van der Waals surface area contributed by atoms with E-state index in [-0.39, 0.29) is 0 Å². The quantitative estimate of drug-likeness (QED) is 0.856. The number of hydrogen-bond donors (Lipinski definition) is 1. The van der Waals surface area contributed by atoms with Gasteiger partial charge in [0.15, 0.2) is 11.6 Å². The lowest BCUT2D eigenvalue weighted by molar-refractivity contribution is 0.245.